The monoisotopic (exact) mass is 239 g/mol. The van der Waals surface area contributed by atoms with Gasteiger partial charge in [-0.25, -0.2) is 0 Å². The predicted molar refractivity (Wildman–Crippen MR) is 63.1 cm³/mol. The number of rotatable bonds is 4. The largest absolute Gasteiger partial charge is 0.490 e. The van der Waals surface area contributed by atoms with Gasteiger partial charge in [0, 0.05) is 12.1 Å². The third-order valence-electron chi connectivity index (χ3n) is 1.82. The molecule has 0 aromatic heterocycles. The van der Waals surface area contributed by atoms with Crippen LogP contribution in [0, 0.1) is 11.3 Å². The first-order chi connectivity index (χ1) is 7.58. The summed E-state index contributed by atoms with van der Waals surface area (Å²) in [5.41, 5.74) is 0.390. The Balaban J connectivity index is 3.14. The van der Waals surface area contributed by atoms with E-state index in [1.165, 1.54) is 0 Å². The molecule has 0 N–H and O–H groups in total. The molecule has 0 amide bonds. The molecule has 0 aliphatic carbocycles. The first-order valence-electron chi connectivity index (χ1n) is 5.11. The number of hydrogen-bond donors (Lipinski definition) is 0. The zero-order valence-electron chi connectivity index (χ0n) is 9.58. The first kappa shape index (κ1) is 12.7. The number of nitrogens with zero attached hydrogens (tertiary/aromatic N) is 1. The lowest BCUT2D eigenvalue weighted by molar-refractivity contribution is 0.224. The standard InChI is InChI=1S/C12H14ClNO2/c1-4-15-11-5-9(7-14)10(13)6-12(11)16-8(2)3/h5-6,8H,4H2,1-3H3. The molecule has 16 heavy (non-hydrogen) atoms. The van der Waals surface area contributed by atoms with E-state index in [4.69, 9.17) is 26.3 Å². The molecule has 0 saturated heterocycles. The molecule has 0 radical (unpaired) electrons. The Hall–Kier alpha value is -1.40. The first-order valence-corrected chi connectivity index (χ1v) is 5.49. The summed E-state index contributed by atoms with van der Waals surface area (Å²) >= 11 is 5.93. The molecule has 86 valence electrons. The van der Waals surface area contributed by atoms with E-state index < -0.39 is 0 Å². The van der Waals surface area contributed by atoms with E-state index in [9.17, 15) is 0 Å². The van der Waals surface area contributed by atoms with E-state index in [0.29, 0.717) is 28.7 Å². The van der Waals surface area contributed by atoms with Crippen LogP contribution in [0.5, 0.6) is 11.5 Å². The van der Waals surface area contributed by atoms with Gasteiger partial charge in [-0.1, -0.05) is 11.6 Å². The summed E-state index contributed by atoms with van der Waals surface area (Å²) in [4.78, 5) is 0. The second-order valence-electron chi connectivity index (χ2n) is 3.49. The Bertz CT molecular complexity index is 410. The normalized spacial score (nSPS) is 10.0. The van der Waals surface area contributed by atoms with Crippen LogP contribution >= 0.6 is 11.6 Å². The Morgan fingerprint density at radius 2 is 2.06 bits per heavy atom. The quantitative estimate of drug-likeness (QED) is 0.809. The van der Waals surface area contributed by atoms with Gasteiger partial charge in [-0.15, -0.1) is 0 Å². The zero-order chi connectivity index (χ0) is 12.1. The maximum absolute atomic E-state index is 8.85. The minimum absolute atomic E-state index is 0.0307. The minimum Gasteiger partial charge on any atom is -0.490 e. The number of halogens is 1. The highest BCUT2D eigenvalue weighted by Crippen LogP contribution is 2.33. The van der Waals surface area contributed by atoms with E-state index in [2.05, 4.69) is 0 Å². The molecule has 3 nitrogen and oxygen atoms in total. The summed E-state index contributed by atoms with van der Waals surface area (Å²) in [6.45, 7) is 6.23. The molecule has 1 rings (SSSR count). The second-order valence-corrected chi connectivity index (χ2v) is 3.90. The lowest BCUT2D eigenvalue weighted by Crippen LogP contribution is -2.07. The zero-order valence-corrected chi connectivity index (χ0v) is 10.3. The van der Waals surface area contributed by atoms with Gasteiger partial charge >= 0.3 is 0 Å². The van der Waals surface area contributed by atoms with Crippen LogP contribution in [0.4, 0.5) is 0 Å². The summed E-state index contributed by atoms with van der Waals surface area (Å²) in [5.74, 6) is 1.12. The topological polar surface area (TPSA) is 42.2 Å². The summed E-state index contributed by atoms with van der Waals surface area (Å²) in [6.07, 6.45) is 0.0307. The van der Waals surface area contributed by atoms with Crippen LogP contribution in [0.25, 0.3) is 0 Å². The van der Waals surface area contributed by atoms with Crippen LogP contribution < -0.4 is 9.47 Å². The third kappa shape index (κ3) is 3.04. The fourth-order valence-electron chi connectivity index (χ4n) is 1.24. The van der Waals surface area contributed by atoms with Crippen LogP contribution in [-0.4, -0.2) is 12.7 Å². The highest BCUT2D eigenvalue weighted by atomic mass is 35.5. The number of benzene rings is 1. The van der Waals surface area contributed by atoms with Gasteiger partial charge in [0.15, 0.2) is 11.5 Å². The molecule has 0 heterocycles. The molecule has 0 unspecified atom stereocenters. The van der Waals surface area contributed by atoms with E-state index in [-0.39, 0.29) is 6.10 Å². The van der Waals surface area contributed by atoms with Gasteiger partial charge in [-0.2, -0.15) is 5.26 Å². The SMILES string of the molecule is CCOc1cc(C#N)c(Cl)cc1OC(C)C. The van der Waals surface area contributed by atoms with Crippen molar-refractivity contribution >= 4 is 11.6 Å². The molecular formula is C12H14ClNO2. The highest BCUT2D eigenvalue weighted by molar-refractivity contribution is 6.31. The second kappa shape index (κ2) is 5.62. The number of hydrogen-bond acceptors (Lipinski definition) is 3. The van der Waals surface area contributed by atoms with Gasteiger partial charge in [0.25, 0.3) is 0 Å². The van der Waals surface area contributed by atoms with Crippen LogP contribution in [0.3, 0.4) is 0 Å². The van der Waals surface area contributed by atoms with Gasteiger partial charge in [0.1, 0.15) is 6.07 Å². The van der Waals surface area contributed by atoms with E-state index in [1.807, 2.05) is 26.8 Å². The van der Waals surface area contributed by atoms with Gasteiger partial charge < -0.3 is 9.47 Å². The van der Waals surface area contributed by atoms with Gasteiger partial charge in [-0.05, 0) is 20.8 Å². The Kier molecular flexibility index (Phi) is 4.45. The molecule has 4 heteroatoms. The minimum atomic E-state index is 0.0307. The Labute approximate surface area is 101 Å². The predicted octanol–water partition coefficient (Wildman–Crippen LogP) is 3.40. The fraction of sp³-hybridized carbons (Fsp3) is 0.417. The van der Waals surface area contributed by atoms with Gasteiger partial charge in [0.05, 0.1) is 23.3 Å². The van der Waals surface area contributed by atoms with Gasteiger partial charge in [-0.3, -0.25) is 0 Å². The summed E-state index contributed by atoms with van der Waals surface area (Å²) < 4.78 is 11.0. The molecule has 1 aromatic carbocycles. The van der Waals surface area contributed by atoms with Crippen molar-refractivity contribution < 1.29 is 9.47 Å². The van der Waals surface area contributed by atoms with Crippen LogP contribution in [0.1, 0.15) is 26.3 Å². The van der Waals surface area contributed by atoms with Crippen molar-refractivity contribution in [3.63, 3.8) is 0 Å². The molecule has 0 spiro atoms. The maximum atomic E-state index is 8.85. The lowest BCUT2D eigenvalue weighted by atomic mass is 10.2. The van der Waals surface area contributed by atoms with Crippen LogP contribution in [-0.2, 0) is 0 Å². The van der Waals surface area contributed by atoms with Crippen molar-refractivity contribution in [3.05, 3.63) is 22.7 Å². The van der Waals surface area contributed by atoms with Crippen molar-refractivity contribution in [2.45, 2.75) is 26.9 Å². The Morgan fingerprint density at radius 1 is 1.38 bits per heavy atom. The van der Waals surface area contributed by atoms with Crippen molar-refractivity contribution in [2.24, 2.45) is 0 Å². The molecule has 1 aromatic rings. The molecule has 0 bridgehead atoms. The Morgan fingerprint density at radius 3 is 2.56 bits per heavy atom. The van der Waals surface area contributed by atoms with Crippen LogP contribution in [0.15, 0.2) is 12.1 Å². The van der Waals surface area contributed by atoms with Gasteiger partial charge in [0.2, 0.25) is 0 Å². The average Bonchev–Trinajstić information content (AvgIpc) is 2.21. The van der Waals surface area contributed by atoms with Crippen molar-refractivity contribution in [2.75, 3.05) is 6.61 Å². The maximum Gasteiger partial charge on any atom is 0.163 e. The van der Waals surface area contributed by atoms with E-state index in [0.717, 1.165) is 0 Å². The van der Waals surface area contributed by atoms with E-state index >= 15 is 0 Å². The molecule has 0 aliphatic rings. The van der Waals surface area contributed by atoms with Crippen molar-refractivity contribution in [1.29, 1.82) is 5.26 Å². The summed E-state index contributed by atoms with van der Waals surface area (Å²) in [7, 11) is 0. The molecule has 0 aliphatic heterocycles. The molecule has 0 saturated carbocycles. The molecule has 0 atom stereocenters. The molecular weight excluding hydrogens is 226 g/mol. The number of nitriles is 1. The highest BCUT2D eigenvalue weighted by Gasteiger charge is 2.11. The van der Waals surface area contributed by atoms with Crippen molar-refractivity contribution in [3.8, 4) is 17.6 Å². The third-order valence-corrected chi connectivity index (χ3v) is 2.13. The van der Waals surface area contributed by atoms with Crippen molar-refractivity contribution in [1.82, 2.24) is 0 Å². The smallest absolute Gasteiger partial charge is 0.163 e. The summed E-state index contributed by atoms with van der Waals surface area (Å²) in [6, 6.07) is 5.22. The lowest BCUT2D eigenvalue weighted by Gasteiger charge is -2.15. The fourth-order valence-corrected chi connectivity index (χ4v) is 1.43. The number of ether oxygens (including phenoxy) is 2. The van der Waals surface area contributed by atoms with E-state index in [1.54, 1.807) is 12.1 Å². The molecule has 0 fully saturated rings. The average molecular weight is 240 g/mol. The summed E-state index contributed by atoms with van der Waals surface area (Å²) in [5, 5.41) is 9.23. The van der Waals surface area contributed by atoms with Crippen LogP contribution in [0.2, 0.25) is 5.02 Å².